The molecule has 0 unspecified atom stereocenters. The molecule has 1 atom stereocenters. The molecule has 13 heteroatoms. The van der Waals surface area contributed by atoms with Gasteiger partial charge in [0.2, 0.25) is 11.8 Å². The highest BCUT2D eigenvalue weighted by molar-refractivity contribution is 7.92. The molecular formula is C29H30Cl2N4O6S. The smallest absolute Gasteiger partial charge is 0.269 e. The molecule has 2 amide bonds. The van der Waals surface area contributed by atoms with E-state index in [0.29, 0.717) is 10.6 Å². The summed E-state index contributed by atoms with van der Waals surface area (Å²) in [6.45, 7) is 0.808. The second-order valence-electron chi connectivity index (χ2n) is 10.0. The Bertz CT molecular complexity index is 1550. The number of nitrogens with zero attached hydrogens (tertiary/aromatic N) is 3. The van der Waals surface area contributed by atoms with Crippen molar-refractivity contribution in [3.05, 3.63) is 98.5 Å². The first kappa shape index (κ1) is 31.3. The molecule has 1 saturated carbocycles. The van der Waals surface area contributed by atoms with Gasteiger partial charge in [0.25, 0.3) is 15.7 Å². The number of benzene rings is 3. The summed E-state index contributed by atoms with van der Waals surface area (Å²) in [4.78, 5) is 39.1. The lowest BCUT2D eigenvalue weighted by molar-refractivity contribution is -0.384. The number of nitro benzene ring substituents is 1. The number of nitro groups is 1. The van der Waals surface area contributed by atoms with Crippen LogP contribution in [-0.4, -0.2) is 48.7 Å². The van der Waals surface area contributed by atoms with E-state index in [1.807, 2.05) is 0 Å². The molecule has 0 heterocycles. The summed E-state index contributed by atoms with van der Waals surface area (Å²) in [5, 5.41) is 14.9. The first-order valence-corrected chi connectivity index (χ1v) is 15.5. The van der Waals surface area contributed by atoms with Crippen LogP contribution in [0.1, 0.15) is 38.2 Å². The third-order valence-corrected chi connectivity index (χ3v) is 9.56. The summed E-state index contributed by atoms with van der Waals surface area (Å²) >= 11 is 12.5. The first-order chi connectivity index (χ1) is 20.0. The van der Waals surface area contributed by atoms with Gasteiger partial charge in [-0.2, -0.15) is 0 Å². The molecule has 1 aliphatic rings. The maximum Gasteiger partial charge on any atom is 0.269 e. The maximum absolute atomic E-state index is 14.0. The highest BCUT2D eigenvalue weighted by Crippen LogP contribution is 2.28. The number of carbonyl (C=O) groups excluding carboxylic acids is 2. The van der Waals surface area contributed by atoms with E-state index >= 15 is 0 Å². The van der Waals surface area contributed by atoms with E-state index < -0.39 is 33.4 Å². The van der Waals surface area contributed by atoms with Crippen molar-refractivity contribution in [3.8, 4) is 0 Å². The standard InChI is InChI=1S/C29H30Cl2N4O6S/c1-20(29(37)32-23-7-5-6-8-23)33(18-21-11-12-22(30)17-27(21)31)28(36)19-34(24-13-15-25(16-14-24)35(38)39)42(40,41)26-9-3-2-4-10-26/h2-4,9-17,20,23H,5-8,18-19H2,1H3,(H,32,37)/t20-/m1/s1. The van der Waals surface area contributed by atoms with Gasteiger partial charge >= 0.3 is 0 Å². The fraction of sp³-hybridized carbons (Fsp3) is 0.310. The van der Waals surface area contributed by atoms with E-state index in [-0.39, 0.29) is 39.8 Å². The zero-order valence-corrected chi connectivity index (χ0v) is 25.1. The molecule has 4 rings (SSSR count). The van der Waals surface area contributed by atoms with Crippen molar-refractivity contribution in [3.63, 3.8) is 0 Å². The third kappa shape index (κ3) is 7.39. The van der Waals surface area contributed by atoms with Crippen LogP contribution in [-0.2, 0) is 26.2 Å². The highest BCUT2D eigenvalue weighted by Gasteiger charge is 2.33. The lowest BCUT2D eigenvalue weighted by Gasteiger charge is -2.32. The van der Waals surface area contributed by atoms with Crippen LogP contribution in [0.4, 0.5) is 11.4 Å². The van der Waals surface area contributed by atoms with Crippen LogP contribution in [0.15, 0.2) is 77.7 Å². The normalized spacial score (nSPS) is 14.3. The summed E-state index contributed by atoms with van der Waals surface area (Å²) in [5.41, 5.74) is 0.325. The van der Waals surface area contributed by atoms with Gasteiger partial charge in [0.05, 0.1) is 15.5 Å². The number of amides is 2. The molecule has 0 radical (unpaired) electrons. The van der Waals surface area contributed by atoms with Gasteiger partial charge in [0.1, 0.15) is 12.6 Å². The summed E-state index contributed by atoms with van der Waals surface area (Å²) in [6.07, 6.45) is 3.70. The summed E-state index contributed by atoms with van der Waals surface area (Å²) in [6, 6.07) is 16.2. The molecule has 3 aromatic carbocycles. The molecule has 0 saturated heterocycles. The largest absolute Gasteiger partial charge is 0.352 e. The number of rotatable bonds is 11. The topological polar surface area (TPSA) is 130 Å². The van der Waals surface area contributed by atoms with Crippen molar-refractivity contribution in [2.75, 3.05) is 10.8 Å². The molecule has 1 aliphatic carbocycles. The van der Waals surface area contributed by atoms with E-state index in [0.717, 1.165) is 42.1 Å². The molecular weight excluding hydrogens is 603 g/mol. The molecule has 0 bridgehead atoms. The molecule has 1 fully saturated rings. The van der Waals surface area contributed by atoms with Crippen LogP contribution < -0.4 is 9.62 Å². The van der Waals surface area contributed by atoms with Gasteiger partial charge in [0.15, 0.2) is 0 Å². The van der Waals surface area contributed by atoms with Crippen LogP contribution in [0.3, 0.4) is 0 Å². The van der Waals surface area contributed by atoms with Crippen molar-refractivity contribution in [2.45, 2.75) is 56.1 Å². The van der Waals surface area contributed by atoms with Gasteiger partial charge in [-0.15, -0.1) is 0 Å². The Morgan fingerprint density at radius 2 is 1.67 bits per heavy atom. The zero-order valence-electron chi connectivity index (χ0n) is 22.8. The Hall–Kier alpha value is -3.67. The SMILES string of the molecule is C[C@H](C(=O)NC1CCCC1)N(Cc1ccc(Cl)cc1Cl)C(=O)CN(c1ccc([N+](=O)[O-])cc1)S(=O)(=O)c1ccccc1. The van der Waals surface area contributed by atoms with E-state index in [1.165, 1.54) is 35.2 Å². The predicted molar refractivity (Wildman–Crippen MR) is 161 cm³/mol. The highest BCUT2D eigenvalue weighted by atomic mass is 35.5. The fourth-order valence-corrected chi connectivity index (χ4v) is 6.70. The van der Waals surface area contributed by atoms with Crippen LogP contribution in [0.2, 0.25) is 10.0 Å². The number of hydrogen-bond acceptors (Lipinski definition) is 6. The van der Waals surface area contributed by atoms with Crippen LogP contribution >= 0.6 is 23.2 Å². The molecule has 10 nitrogen and oxygen atoms in total. The van der Waals surface area contributed by atoms with Gasteiger partial charge < -0.3 is 10.2 Å². The maximum atomic E-state index is 14.0. The molecule has 42 heavy (non-hydrogen) atoms. The van der Waals surface area contributed by atoms with Crippen molar-refractivity contribution in [2.24, 2.45) is 0 Å². The average molecular weight is 634 g/mol. The van der Waals surface area contributed by atoms with Crippen LogP contribution in [0.25, 0.3) is 0 Å². The number of anilines is 1. The minimum Gasteiger partial charge on any atom is -0.352 e. The average Bonchev–Trinajstić information content (AvgIpc) is 3.48. The quantitative estimate of drug-likeness (QED) is 0.217. The third-order valence-electron chi connectivity index (χ3n) is 7.18. The van der Waals surface area contributed by atoms with E-state index in [9.17, 15) is 28.1 Å². The molecule has 0 spiro atoms. The fourth-order valence-electron chi connectivity index (χ4n) is 4.80. The Balaban J connectivity index is 1.71. The Labute approximate surface area is 254 Å². The van der Waals surface area contributed by atoms with E-state index in [4.69, 9.17) is 23.2 Å². The van der Waals surface area contributed by atoms with Gasteiger partial charge in [-0.05, 0) is 61.7 Å². The number of halogens is 2. The Morgan fingerprint density at radius 1 is 1.02 bits per heavy atom. The number of carbonyl (C=O) groups is 2. The van der Waals surface area contributed by atoms with Crippen molar-refractivity contribution < 1.29 is 22.9 Å². The number of sulfonamides is 1. The van der Waals surface area contributed by atoms with Crippen LogP contribution in [0.5, 0.6) is 0 Å². The molecule has 0 aromatic heterocycles. The van der Waals surface area contributed by atoms with Gasteiger partial charge in [-0.25, -0.2) is 8.42 Å². The lowest BCUT2D eigenvalue weighted by Crippen LogP contribution is -2.52. The van der Waals surface area contributed by atoms with Crippen LogP contribution in [0, 0.1) is 10.1 Å². The number of hydrogen-bond donors (Lipinski definition) is 1. The summed E-state index contributed by atoms with van der Waals surface area (Å²) in [7, 11) is -4.30. The molecule has 222 valence electrons. The van der Waals surface area contributed by atoms with E-state index in [2.05, 4.69) is 5.32 Å². The van der Waals surface area contributed by atoms with Crippen molar-refractivity contribution in [1.29, 1.82) is 0 Å². The molecule has 3 aromatic rings. The Kier molecular flexibility index (Phi) is 10.1. The van der Waals surface area contributed by atoms with Crippen molar-refractivity contribution in [1.82, 2.24) is 10.2 Å². The first-order valence-electron chi connectivity index (χ1n) is 13.3. The Morgan fingerprint density at radius 3 is 2.26 bits per heavy atom. The number of nitrogens with one attached hydrogen (secondary N) is 1. The lowest BCUT2D eigenvalue weighted by atomic mass is 10.1. The summed E-state index contributed by atoms with van der Waals surface area (Å²) < 4.78 is 28.5. The predicted octanol–water partition coefficient (Wildman–Crippen LogP) is 5.57. The van der Waals surface area contributed by atoms with Crippen molar-refractivity contribution >= 4 is 56.4 Å². The monoisotopic (exact) mass is 632 g/mol. The molecule has 1 N–H and O–H groups in total. The molecule has 0 aliphatic heterocycles. The minimum atomic E-state index is -4.30. The van der Waals surface area contributed by atoms with Gasteiger partial charge in [-0.3, -0.25) is 24.0 Å². The number of non-ortho nitro benzene ring substituents is 1. The zero-order chi connectivity index (χ0) is 30.4. The van der Waals surface area contributed by atoms with Gasteiger partial charge in [0, 0.05) is 34.8 Å². The van der Waals surface area contributed by atoms with E-state index in [1.54, 1.807) is 37.3 Å². The van der Waals surface area contributed by atoms with Gasteiger partial charge in [-0.1, -0.05) is 60.3 Å². The second kappa shape index (κ2) is 13.5. The summed E-state index contributed by atoms with van der Waals surface area (Å²) in [5.74, 6) is -1.04. The minimum absolute atomic E-state index is 0.00564. The second-order valence-corrected chi connectivity index (χ2v) is 12.7.